The zero-order valence-electron chi connectivity index (χ0n) is 11.4. The molecule has 0 bridgehead atoms. The van der Waals surface area contributed by atoms with E-state index in [1.54, 1.807) is 18.2 Å². The van der Waals surface area contributed by atoms with Crippen molar-refractivity contribution in [2.45, 2.75) is 18.6 Å². The number of benzene rings is 1. The first kappa shape index (κ1) is 16.4. The molecule has 2 aliphatic rings. The van der Waals surface area contributed by atoms with E-state index in [-0.39, 0.29) is 12.4 Å². The Hall–Kier alpha value is -0.980. The van der Waals surface area contributed by atoms with Gasteiger partial charge in [0.05, 0.1) is 6.61 Å². The van der Waals surface area contributed by atoms with Gasteiger partial charge in [-0.25, -0.2) is 0 Å². The van der Waals surface area contributed by atoms with Gasteiger partial charge >= 0.3 is 6.18 Å². The number of piperazine rings is 1. The smallest absolute Gasteiger partial charge is 0.408 e. The number of hydrogen-bond donors (Lipinski definition) is 1. The maximum Gasteiger partial charge on any atom is 0.408 e. The van der Waals surface area contributed by atoms with Crippen molar-refractivity contribution in [2.75, 3.05) is 32.8 Å². The highest BCUT2D eigenvalue weighted by molar-refractivity contribution is 5.85. The molecule has 1 N–H and O–H groups in total. The van der Waals surface area contributed by atoms with Crippen LogP contribution >= 0.6 is 12.4 Å². The number of ether oxygens (including phenoxy) is 1. The summed E-state index contributed by atoms with van der Waals surface area (Å²) >= 11 is 0. The summed E-state index contributed by atoms with van der Waals surface area (Å²) in [5.74, 6) is 0.718. The lowest BCUT2D eigenvalue weighted by molar-refractivity contribution is -0.187. The van der Waals surface area contributed by atoms with Crippen molar-refractivity contribution in [3.05, 3.63) is 29.3 Å². The lowest BCUT2D eigenvalue weighted by atomic mass is 10.00. The molecule has 0 aliphatic carbocycles. The highest BCUT2D eigenvalue weighted by atomic mass is 35.5. The van der Waals surface area contributed by atoms with Crippen molar-refractivity contribution in [1.29, 1.82) is 0 Å². The van der Waals surface area contributed by atoms with Gasteiger partial charge < -0.3 is 10.1 Å². The van der Waals surface area contributed by atoms with Gasteiger partial charge in [-0.1, -0.05) is 12.1 Å². The minimum absolute atomic E-state index is 0. The van der Waals surface area contributed by atoms with E-state index in [9.17, 15) is 13.2 Å². The molecule has 1 aromatic rings. The zero-order valence-corrected chi connectivity index (χ0v) is 12.3. The Balaban J connectivity index is 0.00000161. The third kappa shape index (κ3) is 3.44. The van der Waals surface area contributed by atoms with Crippen molar-refractivity contribution in [3.63, 3.8) is 0 Å². The van der Waals surface area contributed by atoms with Crippen molar-refractivity contribution in [3.8, 4) is 5.75 Å². The molecule has 1 saturated heterocycles. The summed E-state index contributed by atoms with van der Waals surface area (Å²) in [4.78, 5) is 1.51. The van der Waals surface area contributed by atoms with E-state index in [0.29, 0.717) is 44.8 Å². The van der Waals surface area contributed by atoms with Gasteiger partial charge in [0.15, 0.2) is 0 Å². The maximum atomic E-state index is 13.4. The third-order valence-corrected chi connectivity index (χ3v) is 3.86. The Morgan fingerprint density at radius 2 is 1.90 bits per heavy atom. The normalized spacial score (nSPS) is 20.3. The molecule has 3 nitrogen and oxygen atoms in total. The number of hydrogen-bond acceptors (Lipinski definition) is 3. The summed E-state index contributed by atoms with van der Waals surface area (Å²) in [6.45, 7) is 2.58. The highest BCUT2D eigenvalue weighted by Gasteiger charge is 2.45. The molecule has 21 heavy (non-hydrogen) atoms. The summed E-state index contributed by atoms with van der Waals surface area (Å²) < 4.78 is 45.7. The Bertz CT molecular complexity index is 490. The van der Waals surface area contributed by atoms with Crippen LogP contribution < -0.4 is 10.1 Å². The van der Waals surface area contributed by atoms with E-state index < -0.39 is 12.2 Å². The second kappa shape index (κ2) is 6.42. The summed E-state index contributed by atoms with van der Waals surface area (Å²) in [5.41, 5.74) is 1.20. The van der Waals surface area contributed by atoms with Gasteiger partial charge in [-0.05, 0) is 17.2 Å². The largest absolute Gasteiger partial charge is 0.493 e. The topological polar surface area (TPSA) is 24.5 Å². The number of nitrogens with one attached hydrogen (secondary N) is 1. The van der Waals surface area contributed by atoms with Crippen molar-refractivity contribution < 1.29 is 17.9 Å². The first-order valence-electron chi connectivity index (χ1n) is 6.83. The van der Waals surface area contributed by atoms with E-state index in [4.69, 9.17) is 4.74 Å². The average Bonchev–Trinajstić information content (AvgIpc) is 2.86. The van der Waals surface area contributed by atoms with Crippen molar-refractivity contribution >= 4 is 12.4 Å². The van der Waals surface area contributed by atoms with Crippen LogP contribution in [0, 0.1) is 0 Å². The molecule has 1 aromatic carbocycles. The number of halogens is 4. The van der Waals surface area contributed by atoms with Crippen LogP contribution in [0.4, 0.5) is 13.2 Å². The fourth-order valence-electron chi connectivity index (χ4n) is 2.92. The molecule has 1 fully saturated rings. The van der Waals surface area contributed by atoms with Crippen LogP contribution in [0.15, 0.2) is 18.2 Å². The molecule has 0 unspecified atom stereocenters. The molecule has 7 heteroatoms. The molecule has 2 heterocycles. The maximum absolute atomic E-state index is 13.4. The SMILES string of the molecule is Cl.FC(F)(F)[C@H](c1ccc2c(c1)CCO2)N1CCNCC1. The first-order valence-corrected chi connectivity index (χ1v) is 6.83. The highest BCUT2D eigenvalue weighted by Crippen LogP contribution is 2.39. The lowest BCUT2D eigenvalue weighted by Crippen LogP contribution is -2.49. The number of fused-ring (bicyclic) bond motifs is 1. The first-order chi connectivity index (χ1) is 9.55. The summed E-state index contributed by atoms with van der Waals surface area (Å²) in [5, 5.41) is 3.09. The Morgan fingerprint density at radius 3 is 2.57 bits per heavy atom. The molecular weight excluding hydrogens is 305 g/mol. The van der Waals surface area contributed by atoms with Crippen LogP contribution in [0.3, 0.4) is 0 Å². The van der Waals surface area contributed by atoms with Crippen LogP contribution in [0.1, 0.15) is 17.2 Å². The van der Waals surface area contributed by atoms with Crippen LogP contribution in [0.5, 0.6) is 5.75 Å². The van der Waals surface area contributed by atoms with Crippen molar-refractivity contribution in [2.24, 2.45) is 0 Å². The molecular formula is C14H18ClF3N2O. The fourth-order valence-corrected chi connectivity index (χ4v) is 2.92. The number of alkyl halides is 3. The van der Waals surface area contributed by atoms with E-state index in [2.05, 4.69) is 5.32 Å². The van der Waals surface area contributed by atoms with E-state index in [1.165, 1.54) is 4.90 Å². The minimum Gasteiger partial charge on any atom is -0.493 e. The van der Waals surface area contributed by atoms with Crippen LogP contribution in [0.25, 0.3) is 0 Å². The third-order valence-electron chi connectivity index (χ3n) is 3.86. The van der Waals surface area contributed by atoms with Crippen molar-refractivity contribution in [1.82, 2.24) is 10.2 Å². The summed E-state index contributed by atoms with van der Waals surface area (Å²) in [6, 6.07) is 3.35. The van der Waals surface area contributed by atoms with E-state index in [0.717, 1.165) is 11.3 Å². The van der Waals surface area contributed by atoms with Gasteiger partial charge in [-0.3, -0.25) is 4.90 Å². The summed E-state index contributed by atoms with van der Waals surface area (Å²) in [6.07, 6.45) is -3.57. The Morgan fingerprint density at radius 1 is 1.19 bits per heavy atom. The minimum atomic E-state index is -4.26. The fraction of sp³-hybridized carbons (Fsp3) is 0.571. The number of rotatable bonds is 2. The molecule has 0 radical (unpaired) electrons. The van der Waals surface area contributed by atoms with Crippen LogP contribution in [-0.4, -0.2) is 43.9 Å². The van der Waals surface area contributed by atoms with E-state index in [1.807, 2.05) is 0 Å². The van der Waals surface area contributed by atoms with Gasteiger partial charge in [-0.15, -0.1) is 12.4 Å². The molecule has 3 rings (SSSR count). The lowest BCUT2D eigenvalue weighted by Gasteiger charge is -2.36. The second-order valence-electron chi connectivity index (χ2n) is 5.20. The van der Waals surface area contributed by atoms with Gasteiger partial charge in [0.25, 0.3) is 0 Å². The van der Waals surface area contributed by atoms with Crippen LogP contribution in [0.2, 0.25) is 0 Å². The molecule has 118 valence electrons. The predicted octanol–water partition coefficient (Wildman–Crippen LogP) is 2.55. The molecule has 2 aliphatic heterocycles. The van der Waals surface area contributed by atoms with Gasteiger partial charge in [0.2, 0.25) is 0 Å². The van der Waals surface area contributed by atoms with Gasteiger partial charge in [0.1, 0.15) is 11.8 Å². The second-order valence-corrected chi connectivity index (χ2v) is 5.20. The molecule has 0 aromatic heterocycles. The molecule has 0 amide bonds. The molecule has 1 atom stereocenters. The average molecular weight is 323 g/mol. The Kier molecular flexibility index (Phi) is 5.01. The predicted molar refractivity (Wildman–Crippen MR) is 76.1 cm³/mol. The Labute approximate surface area is 127 Å². The number of nitrogens with zero attached hydrogens (tertiary/aromatic N) is 1. The van der Waals surface area contributed by atoms with Gasteiger partial charge in [-0.2, -0.15) is 13.2 Å². The molecule has 0 spiro atoms. The molecule has 0 saturated carbocycles. The standard InChI is InChI=1S/C14H17F3N2O.ClH/c15-14(16,17)13(19-6-4-18-5-7-19)11-1-2-12-10(9-11)3-8-20-12;/h1-2,9,13,18H,3-8H2;1H/t13-;/m0./s1. The van der Waals surface area contributed by atoms with E-state index >= 15 is 0 Å². The summed E-state index contributed by atoms with van der Waals surface area (Å²) in [7, 11) is 0. The monoisotopic (exact) mass is 322 g/mol. The van der Waals surface area contributed by atoms with Crippen LogP contribution in [-0.2, 0) is 6.42 Å². The van der Waals surface area contributed by atoms with Gasteiger partial charge in [0, 0.05) is 32.6 Å². The quantitative estimate of drug-likeness (QED) is 0.905. The zero-order chi connectivity index (χ0) is 14.2.